The third kappa shape index (κ3) is 5.69. The van der Waals surface area contributed by atoms with Crippen LogP contribution >= 0.6 is 22.9 Å². The molecule has 7 heteroatoms. The molecule has 1 aromatic carbocycles. The number of hydrogen-bond donors (Lipinski definition) is 2. The molecule has 1 aromatic heterocycles. The average molecular weight is 421 g/mol. The van der Waals surface area contributed by atoms with E-state index >= 15 is 0 Å². The third-order valence-electron chi connectivity index (χ3n) is 5.07. The highest BCUT2D eigenvalue weighted by Gasteiger charge is 2.34. The Bertz CT molecular complexity index is 786. The van der Waals surface area contributed by atoms with Gasteiger partial charge in [0, 0.05) is 54.2 Å². The van der Waals surface area contributed by atoms with Crippen LogP contribution < -0.4 is 10.6 Å². The van der Waals surface area contributed by atoms with E-state index in [0.29, 0.717) is 6.54 Å². The summed E-state index contributed by atoms with van der Waals surface area (Å²) in [5.74, 6) is 0.851. The van der Waals surface area contributed by atoms with Crippen molar-refractivity contribution in [2.45, 2.75) is 38.5 Å². The van der Waals surface area contributed by atoms with Crippen LogP contribution in [-0.4, -0.2) is 43.8 Å². The molecule has 1 fully saturated rings. The van der Waals surface area contributed by atoms with Crippen LogP contribution in [0.5, 0.6) is 0 Å². The number of rotatable bonds is 7. The fourth-order valence-electron chi connectivity index (χ4n) is 3.50. The van der Waals surface area contributed by atoms with Crippen LogP contribution in [0.3, 0.4) is 0 Å². The van der Waals surface area contributed by atoms with Crippen molar-refractivity contribution in [3.05, 3.63) is 50.9 Å². The van der Waals surface area contributed by atoms with Gasteiger partial charge in [-0.3, -0.25) is 4.99 Å². The van der Waals surface area contributed by atoms with Crippen LogP contribution in [0, 0.1) is 6.92 Å². The summed E-state index contributed by atoms with van der Waals surface area (Å²) in [7, 11) is 0. The number of nitrogens with zero attached hydrogens (tertiary/aromatic N) is 2. The number of guanidine groups is 1. The van der Waals surface area contributed by atoms with Crippen LogP contribution in [0.25, 0.3) is 0 Å². The Labute approximate surface area is 176 Å². The minimum absolute atomic E-state index is 0.0298. The predicted molar refractivity (Wildman–Crippen MR) is 118 cm³/mol. The zero-order chi connectivity index (χ0) is 19.8. The van der Waals surface area contributed by atoms with E-state index in [-0.39, 0.29) is 5.41 Å². The van der Waals surface area contributed by atoms with Gasteiger partial charge in [-0.2, -0.15) is 0 Å². The molecular weight excluding hydrogens is 392 g/mol. The standard InChI is InChI=1S/C21H29ClN4OS/c1-3-23-20(24-10-7-19-25-14-16(2)28-19)26-15-21(8-11-27-12-9-21)17-5-4-6-18(22)13-17/h4-6,13-14H,3,7-12,15H2,1-2H3,(H2,23,24,26). The molecule has 0 aliphatic carbocycles. The molecule has 5 nitrogen and oxygen atoms in total. The summed E-state index contributed by atoms with van der Waals surface area (Å²) in [6, 6.07) is 8.19. The van der Waals surface area contributed by atoms with Gasteiger partial charge in [0.15, 0.2) is 5.96 Å². The quantitative estimate of drug-likeness (QED) is 0.526. The van der Waals surface area contributed by atoms with E-state index < -0.39 is 0 Å². The number of ether oxygens (including phenoxy) is 1. The molecule has 0 atom stereocenters. The van der Waals surface area contributed by atoms with Crippen molar-refractivity contribution >= 4 is 28.9 Å². The lowest BCUT2D eigenvalue weighted by Crippen LogP contribution is -2.41. The summed E-state index contributed by atoms with van der Waals surface area (Å²) >= 11 is 8.02. The number of aromatic nitrogens is 1. The van der Waals surface area contributed by atoms with Gasteiger partial charge >= 0.3 is 0 Å². The molecule has 2 N–H and O–H groups in total. The minimum atomic E-state index is -0.0298. The number of halogens is 1. The Hall–Kier alpha value is -1.63. The van der Waals surface area contributed by atoms with E-state index in [0.717, 1.165) is 61.6 Å². The first-order chi connectivity index (χ1) is 13.6. The van der Waals surface area contributed by atoms with Gasteiger partial charge in [-0.1, -0.05) is 23.7 Å². The van der Waals surface area contributed by atoms with Crippen LogP contribution in [0.2, 0.25) is 5.02 Å². The van der Waals surface area contributed by atoms with Gasteiger partial charge in [0.2, 0.25) is 0 Å². The zero-order valence-electron chi connectivity index (χ0n) is 16.6. The molecule has 1 aliphatic rings. The van der Waals surface area contributed by atoms with Crippen molar-refractivity contribution in [1.82, 2.24) is 15.6 Å². The SMILES string of the molecule is CCNC(=NCC1(c2cccc(Cl)c2)CCOCC1)NCCc1ncc(C)s1. The second kappa shape index (κ2) is 10.2. The maximum absolute atomic E-state index is 6.27. The smallest absolute Gasteiger partial charge is 0.191 e. The van der Waals surface area contributed by atoms with E-state index in [1.165, 1.54) is 10.4 Å². The van der Waals surface area contributed by atoms with E-state index in [4.69, 9.17) is 21.3 Å². The summed E-state index contributed by atoms with van der Waals surface area (Å²) in [4.78, 5) is 10.6. The average Bonchev–Trinajstić information content (AvgIpc) is 3.12. The maximum atomic E-state index is 6.27. The second-order valence-corrected chi connectivity index (χ2v) is 8.90. The Morgan fingerprint density at radius 3 is 2.82 bits per heavy atom. The molecule has 152 valence electrons. The molecule has 1 aliphatic heterocycles. The van der Waals surface area contributed by atoms with Gasteiger partial charge in [0.1, 0.15) is 0 Å². The molecule has 0 bridgehead atoms. The van der Waals surface area contributed by atoms with E-state index in [1.807, 2.05) is 18.3 Å². The van der Waals surface area contributed by atoms with Crippen LogP contribution in [-0.2, 0) is 16.6 Å². The number of aliphatic imine (C=N–C) groups is 1. The summed E-state index contributed by atoms with van der Waals surface area (Å²) in [5, 5.41) is 8.73. The van der Waals surface area contributed by atoms with Crippen molar-refractivity contribution in [3.8, 4) is 0 Å². The molecular formula is C21H29ClN4OS. The van der Waals surface area contributed by atoms with Crippen molar-refractivity contribution in [3.63, 3.8) is 0 Å². The Balaban J connectivity index is 1.69. The maximum Gasteiger partial charge on any atom is 0.191 e. The van der Waals surface area contributed by atoms with Crippen molar-refractivity contribution in [1.29, 1.82) is 0 Å². The van der Waals surface area contributed by atoms with Crippen molar-refractivity contribution < 1.29 is 4.74 Å². The molecule has 2 heterocycles. The first-order valence-corrected chi connectivity index (χ1v) is 11.1. The van der Waals surface area contributed by atoms with Crippen molar-refractivity contribution in [2.24, 2.45) is 4.99 Å². The van der Waals surface area contributed by atoms with Crippen LogP contribution in [0.15, 0.2) is 35.5 Å². The number of thiazole rings is 1. The Morgan fingerprint density at radius 1 is 1.32 bits per heavy atom. The second-order valence-electron chi connectivity index (χ2n) is 7.14. The van der Waals surface area contributed by atoms with E-state index in [1.54, 1.807) is 11.3 Å². The van der Waals surface area contributed by atoms with Gasteiger partial charge < -0.3 is 15.4 Å². The molecule has 1 saturated heterocycles. The lowest BCUT2D eigenvalue weighted by atomic mass is 9.74. The van der Waals surface area contributed by atoms with Crippen LogP contribution in [0.4, 0.5) is 0 Å². The highest BCUT2D eigenvalue weighted by molar-refractivity contribution is 7.11. The summed E-state index contributed by atoms with van der Waals surface area (Å²) in [5.41, 5.74) is 1.22. The minimum Gasteiger partial charge on any atom is -0.381 e. The van der Waals surface area contributed by atoms with Gasteiger partial charge in [-0.25, -0.2) is 4.98 Å². The molecule has 0 unspecified atom stereocenters. The van der Waals surface area contributed by atoms with Gasteiger partial charge in [0.25, 0.3) is 0 Å². The Kier molecular flexibility index (Phi) is 7.71. The van der Waals surface area contributed by atoms with Crippen molar-refractivity contribution in [2.75, 3.05) is 32.8 Å². The number of hydrogen-bond acceptors (Lipinski definition) is 4. The third-order valence-corrected chi connectivity index (χ3v) is 6.28. The highest BCUT2D eigenvalue weighted by Crippen LogP contribution is 2.36. The Morgan fingerprint density at radius 2 is 2.14 bits per heavy atom. The topological polar surface area (TPSA) is 58.5 Å². The molecule has 0 amide bonds. The summed E-state index contributed by atoms with van der Waals surface area (Å²) in [6.45, 7) is 8.04. The van der Waals surface area contributed by atoms with Gasteiger partial charge in [0.05, 0.1) is 11.6 Å². The van der Waals surface area contributed by atoms with E-state index in [2.05, 4.69) is 41.6 Å². The molecule has 0 saturated carbocycles. The zero-order valence-corrected chi connectivity index (χ0v) is 18.2. The predicted octanol–water partition coefficient (Wildman–Crippen LogP) is 3.95. The molecule has 0 radical (unpaired) electrons. The molecule has 0 spiro atoms. The first kappa shape index (κ1) is 21.1. The van der Waals surface area contributed by atoms with Gasteiger partial charge in [-0.15, -0.1) is 11.3 Å². The van der Waals surface area contributed by atoms with E-state index in [9.17, 15) is 0 Å². The highest BCUT2D eigenvalue weighted by atomic mass is 35.5. The lowest BCUT2D eigenvalue weighted by Gasteiger charge is -2.36. The number of benzene rings is 1. The molecule has 2 aromatic rings. The number of aryl methyl sites for hydroxylation is 1. The van der Waals surface area contributed by atoms with Gasteiger partial charge in [-0.05, 0) is 44.4 Å². The monoisotopic (exact) mass is 420 g/mol. The summed E-state index contributed by atoms with van der Waals surface area (Å²) in [6.07, 6.45) is 4.73. The fourth-order valence-corrected chi connectivity index (χ4v) is 4.47. The molecule has 28 heavy (non-hydrogen) atoms. The fraction of sp³-hybridized carbons (Fsp3) is 0.524. The van der Waals surface area contributed by atoms with Crippen LogP contribution in [0.1, 0.15) is 35.2 Å². The molecule has 3 rings (SSSR count). The lowest BCUT2D eigenvalue weighted by molar-refractivity contribution is 0.0531. The normalized spacial score (nSPS) is 16.8. The summed E-state index contributed by atoms with van der Waals surface area (Å²) < 4.78 is 5.63. The number of nitrogens with one attached hydrogen (secondary N) is 2. The largest absolute Gasteiger partial charge is 0.381 e. The first-order valence-electron chi connectivity index (χ1n) is 9.88.